The molecule has 4 rings (SSSR count). The maximum Gasteiger partial charge on any atom is 0.269 e. The van der Waals surface area contributed by atoms with Crippen molar-refractivity contribution in [3.63, 3.8) is 0 Å². The van der Waals surface area contributed by atoms with Gasteiger partial charge in [0.25, 0.3) is 5.69 Å². The van der Waals surface area contributed by atoms with Crippen molar-refractivity contribution in [1.82, 2.24) is 9.71 Å². The molecule has 3 aromatic carbocycles. The molecule has 1 heterocycles. The van der Waals surface area contributed by atoms with Crippen molar-refractivity contribution < 1.29 is 18.1 Å². The summed E-state index contributed by atoms with van der Waals surface area (Å²) in [5, 5.41) is 11.9. The van der Waals surface area contributed by atoms with Crippen LogP contribution >= 0.6 is 0 Å². The van der Waals surface area contributed by atoms with Crippen LogP contribution in [-0.2, 0) is 20.2 Å². The number of nitro benzene ring substituents is 1. The van der Waals surface area contributed by atoms with Crippen molar-refractivity contribution in [3.05, 3.63) is 93.0 Å². The fraction of sp³-hybridized carbons (Fsp3) is 0.300. The van der Waals surface area contributed by atoms with Crippen LogP contribution in [0.2, 0.25) is 0 Å². The predicted octanol–water partition coefficient (Wildman–Crippen LogP) is 6.31. The summed E-state index contributed by atoms with van der Waals surface area (Å²) in [6, 6.07) is 17.0. The monoisotopic (exact) mass is 547 g/mol. The molecule has 1 atom stereocenters. The van der Waals surface area contributed by atoms with E-state index in [2.05, 4.69) is 27.9 Å². The lowest BCUT2D eigenvalue weighted by Crippen LogP contribution is -2.28. The number of carbonyl (C=O) groups excluding carboxylic acids is 1. The molecule has 39 heavy (non-hydrogen) atoms. The number of rotatable bonds is 9. The molecule has 0 bridgehead atoms. The van der Waals surface area contributed by atoms with Gasteiger partial charge in [-0.2, -0.15) is 0 Å². The lowest BCUT2D eigenvalue weighted by molar-refractivity contribution is -0.384. The highest BCUT2D eigenvalue weighted by molar-refractivity contribution is 7.89. The maximum absolute atomic E-state index is 13.0. The minimum Gasteiger partial charge on any atom is -0.354 e. The highest BCUT2D eigenvalue weighted by Gasteiger charge is 2.28. The second-order valence-electron chi connectivity index (χ2n) is 10.7. The zero-order valence-electron chi connectivity index (χ0n) is 23.0. The zero-order valence-corrected chi connectivity index (χ0v) is 23.8. The summed E-state index contributed by atoms with van der Waals surface area (Å²) < 4.78 is 28.7. The first-order valence-corrected chi connectivity index (χ1v) is 14.2. The molecule has 0 fully saturated rings. The lowest BCUT2D eigenvalue weighted by atomic mass is 9.80. The van der Waals surface area contributed by atoms with Gasteiger partial charge in [0.2, 0.25) is 10.0 Å². The number of benzene rings is 3. The van der Waals surface area contributed by atoms with Gasteiger partial charge in [-0.3, -0.25) is 14.9 Å². The molecule has 4 aromatic rings. The van der Waals surface area contributed by atoms with Gasteiger partial charge in [-0.25, -0.2) is 13.1 Å². The van der Waals surface area contributed by atoms with Gasteiger partial charge in [-0.15, -0.1) is 0 Å². The van der Waals surface area contributed by atoms with E-state index in [9.17, 15) is 23.3 Å². The largest absolute Gasteiger partial charge is 0.354 e. The number of non-ortho nitro benzene ring substituents is 1. The van der Waals surface area contributed by atoms with Crippen molar-refractivity contribution in [2.45, 2.75) is 57.8 Å². The number of sulfonamides is 1. The number of nitro groups is 1. The van der Waals surface area contributed by atoms with E-state index in [1.807, 2.05) is 52.8 Å². The molecule has 9 heteroatoms. The molecule has 0 aliphatic rings. The van der Waals surface area contributed by atoms with Gasteiger partial charge >= 0.3 is 0 Å². The SMILES string of the molecule is CC(=O)C(C)(C)c1ccc2[nH]c(-c3cc(C)cc(C)c3)c([C@H](C)CNS(=O)(=O)c3ccc([N+](=O)[O-])cc3)c2c1. The number of nitrogens with one attached hydrogen (secondary N) is 2. The number of aromatic amines is 1. The Balaban J connectivity index is 1.78. The summed E-state index contributed by atoms with van der Waals surface area (Å²) in [7, 11) is -3.90. The van der Waals surface area contributed by atoms with E-state index in [-0.39, 0.29) is 28.8 Å². The third-order valence-electron chi connectivity index (χ3n) is 7.38. The third-order valence-corrected chi connectivity index (χ3v) is 8.82. The minimum atomic E-state index is -3.90. The van der Waals surface area contributed by atoms with Gasteiger partial charge in [-0.05, 0) is 93.6 Å². The molecule has 0 radical (unpaired) electrons. The number of aromatic nitrogens is 1. The van der Waals surface area contributed by atoms with Crippen LogP contribution in [0.5, 0.6) is 0 Å². The zero-order chi connectivity index (χ0) is 28.7. The van der Waals surface area contributed by atoms with Crippen LogP contribution in [0.15, 0.2) is 65.6 Å². The fourth-order valence-electron chi connectivity index (χ4n) is 4.83. The first-order valence-electron chi connectivity index (χ1n) is 12.7. The number of ketones is 1. The quantitative estimate of drug-likeness (QED) is 0.188. The molecule has 8 nitrogen and oxygen atoms in total. The van der Waals surface area contributed by atoms with E-state index in [4.69, 9.17) is 0 Å². The molecule has 2 N–H and O–H groups in total. The first kappa shape index (κ1) is 28.2. The first-order chi connectivity index (χ1) is 18.2. The third kappa shape index (κ3) is 5.65. The van der Waals surface area contributed by atoms with E-state index >= 15 is 0 Å². The molecule has 0 saturated heterocycles. The molecule has 0 unspecified atom stereocenters. The van der Waals surface area contributed by atoms with Crippen molar-refractivity contribution in [2.75, 3.05) is 6.54 Å². The summed E-state index contributed by atoms with van der Waals surface area (Å²) in [5.74, 6) is -0.199. The van der Waals surface area contributed by atoms with Crippen LogP contribution in [0.25, 0.3) is 22.2 Å². The summed E-state index contributed by atoms with van der Waals surface area (Å²) in [6.45, 7) is 11.5. The van der Waals surface area contributed by atoms with Gasteiger partial charge in [0, 0.05) is 35.0 Å². The Hall–Kier alpha value is -3.82. The summed E-state index contributed by atoms with van der Waals surface area (Å²) in [5.41, 5.74) is 5.99. The van der Waals surface area contributed by atoms with E-state index in [1.54, 1.807) is 6.92 Å². The summed E-state index contributed by atoms with van der Waals surface area (Å²) in [4.78, 5) is 26.3. The summed E-state index contributed by atoms with van der Waals surface area (Å²) in [6.07, 6.45) is 0. The fourth-order valence-corrected chi connectivity index (χ4v) is 5.96. The van der Waals surface area contributed by atoms with Crippen LogP contribution in [0.1, 0.15) is 55.9 Å². The standard InChI is InChI=1S/C30H33N3O5S/c1-18-13-19(2)15-22(14-18)29-28(26-16-23(7-12-27(26)32-29)30(5,6)21(4)34)20(3)17-31-39(37,38)25-10-8-24(9-11-25)33(35)36/h7-16,20,31-32H,17H2,1-6H3/t20-/m1/s1. The average molecular weight is 548 g/mol. The Kier molecular flexibility index (Phi) is 7.51. The van der Waals surface area contributed by atoms with Crippen LogP contribution in [0, 0.1) is 24.0 Å². The minimum absolute atomic E-state index is 0.0424. The van der Waals surface area contributed by atoms with Crippen LogP contribution in [0.3, 0.4) is 0 Å². The molecule has 0 aliphatic heterocycles. The Morgan fingerprint density at radius 2 is 1.64 bits per heavy atom. The topological polar surface area (TPSA) is 122 Å². The summed E-state index contributed by atoms with van der Waals surface area (Å²) >= 11 is 0. The molecular weight excluding hydrogens is 514 g/mol. The number of H-pyrrole nitrogens is 1. The van der Waals surface area contributed by atoms with Gasteiger partial charge in [0.15, 0.2) is 0 Å². The van der Waals surface area contributed by atoms with Gasteiger partial charge in [-0.1, -0.05) is 30.2 Å². The van der Waals surface area contributed by atoms with Crippen LogP contribution in [0.4, 0.5) is 5.69 Å². The van der Waals surface area contributed by atoms with E-state index in [0.717, 1.165) is 44.4 Å². The second kappa shape index (κ2) is 10.4. The normalized spacial score (nSPS) is 13.0. The molecule has 0 spiro atoms. The molecular formula is C30H33N3O5S. The highest BCUT2D eigenvalue weighted by Crippen LogP contribution is 2.38. The van der Waals surface area contributed by atoms with Gasteiger partial charge < -0.3 is 4.98 Å². The smallest absolute Gasteiger partial charge is 0.269 e. The average Bonchev–Trinajstić information content (AvgIpc) is 3.26. The van der Waals surface area contributed by atoms with Crippen LogP contribution < -0.4 is 4.72 Å². The Labute approximate surface area is 228 Å². The lowest BCUT2D eigenvalue weighted by Gasteiger charge is -2.22. The number of hydrogen-bond donors (Lipinski definition) is 2. The number of carbonyl (C=O) groups is 1. The van der Waals surface area contributed by atoms with Crippen molar-refractivity contribution in [2.24, 2.45) is 0 Å². The molecule has 204 valence electrons. The Morgan fingerprint density at radius 1 is 1.03 bits per heavy atom. The van der Waals surface area contributed by atoms with E-state index in [1.165, 1.54) is 24.3 Å². The van der Waals surface area contributed by atoms with Crippen LogP contribution in [-0.4, -0.2) is 30.7 Å². The Bertz CT molecular complexity index is 1670. The van der Waals surface area contributed by atoms with Crippen molar-refractivity contribution >= 4 is 32.4 Å². The number of fused-ring (bicyclic) bond motifs is 1. The maximum atomic E-state index is 13.0. The van der Waals surface area contributed by atoms with Gasteiger partial charge in [0.1, 0.15) is 5.78 Å². The van der Waals surface area contributed by atoms with Crippen molar-refractivity contribution in [1.29, 1.82) is 0 Å². The second-order valence-corrected chi connectivity index (χ2v) is 12.5. The molecule has 0 amide bonds. The number of hydrogen-bond acceptors (Lipinski definition) is 5. The van der Waals surface area contributed by atoms with E-state index < -0.39 is 20.4 Å². The highest BCUT2D eigenvalue weighted by atomic mass is 32.2. The Morgan fingerprint density at radius 3 is 2.21 bits per heavy atom. The van der Waals surface area contributed by atoms with E-state index in [0.29, 0.717) is 0 Å². The molecule has 0 saturated carbocycles. The van der Waals surface area contributed by atoms with Crippen molar-refractivity contribution in [3.8, 4) is 11.3 Å². The predicted molar refractivity (Wildman–Crippen MR) is 154 cm³/mol. The molecule has 0 aliphatic carbocycles. The number of aryl methyl sites for hydroxylation is 2. The number of Topliss-reactive ketones (excluding diaryl/α,β-unsaturated/α-hetero) is 1. The van der Waals surface area contributed by atoms with Gasteiger partial charge in [0.05, 0.1) is 15.5 Å². The number of nitrogens with zero attached hydrogens (tertiary/aromatic N) is 1. The molecule has 1 aromatic heterocycles.